The molecule has 0 N–H and O–H groups in total. The fourth-order valence-electron chi connectivity index (χ4n) is 1.92. The van der Waals surface area contributed by atoms with Crippen molar-refractivity contribution < 1.29 is 18.7 Å². The Labute approximate surface area is 124 Å². The minimum absolute atomic E-state index is 0.0106. The maximum absolute atomic E-state index is 13.4. The predicted molar refractivity (Wildman–Crippen MR) is 78.0 cm³/mol. The van der Waals surface area contributed by atoms with Crippen LogP contribution in [0.15, 0.2) is 34.8 Å². The Hall–Kier alpha value is -1.88. The van der Waals surface area contributed by atoms with Crippen molar-refractivity contribution in [1.29, 1.82) is 0 Å². The highest BCUT2D eigenvalue weighted by molar-refractivity contribution is 9.10. The lowest BCUT2D eigenvalue weighted by molar-refractivity contribution is 0.112. The number of carbonyl (C=O) groups excluding carboxylic acids is 1. The molecule has 2 rings (SSSR count). The smallest absolute Gasteiger partial charge is 0.153 e. The zero-order chi connectivity index (χ0) is 14.7. The van der Waals surface area contributed by atoms with Crippen LogP contribution in [-0.2, 0) is 0 Å². The van der Waals surface area contributed by atoms with Crippen LogP contribution in [0.5, 0.6) is 11.5 Å². The van der Waals surface area contributed by atoms with E-state index >= 15 is 0 Å². The van der Waals surface area contributed by atoms with Crippen LogP contribution in [0, 0.1) is 5.82 Å². The molecular formula is C15H12BrFO3. The van der Waals surface area contributed by atoms with Crippen molar-refractivity contribution in [2.24, 2.45) is 0 Å². The SMILES string of the molecule is COc1ccc(-c2ccc(F)c(C=O)c2)c(OC)c1Br. The van der Waals surface area contributed by atoms with Gasteiger partial charge in [0.1, 0.15) is 21.8 Å². The van der Waals surface area contributed by atoms with Crippen LogP contribution >= 0.6 is 15.9 Å². The number of halogens is 2. The van der Waals surface area contributed by atoms with Gasteiger partial charge in [-0.15, -0.1) is 0 Å². The molecule has 0 aliphatic heterocycles. The number of benzene rings is 2. The fraction of sp³-hybridized carbons (Fsp3) is 0.133. The van der Waals surface area contributed by atoms with E-state index in [9.17, 15) is 9.18 Å². The van der Waals surface area contributed by atoms with E-state index in [0.29, 0.717) is 27.8 Å². The monoisotopic (exact) mass is 338 g/mol. The van der Waals surface area contributed by atoms with E-state index in [1.165, 1.54) is 19.2 Å². The second-order valence-corrected chi connectivity index (χ2v) is 4.81. The lowest BCUT2D eigenvalue weighted by Gasteiger charge is -2.14. The van der Waals surface area contributed by atoms with Gasteiger partial charge in [-0.1, -0.05) is 6.07 Å². The average molecular weight is 339 g/mol. The van der Waals surface area contributed by atoms with Gasteiger partial charge in [-0.3, -0.25) is 4.79 Å². The maximum atomic E-state index is 13.4. The van der Waals surface area contributed by atoms with Gasteiger partial charge < -0.3 is 9.47 Å². The number of aldehydes is 1. The lowest BCUT2D eigenvalue weighted by atomic mass is 10.0. The van der Waals surface area contributed by atoms with E-state index in [1.54, 1.807) is 25.3 Å². The van der Waals surface area contributed by atoms with Crippen molar-refractivity contribution >= 4 is 22.2 Å². The first-order valence-corrected chi connectivity index (χ1v) is 6.57. The molecule has 0 fully saturated rings. The number of hydrogen-bond donors (Lipinski definition) is 0. The van der Waals surface area contributed by atoms with Gasteiger partial charge in [0.15, 0.2) is 6.29 Å². The molecule has 0 atom stereocenters. The average Bonchev–Trinajstić information content (AvgIpc) is 2.47. The number of carbonyl (C=O) groups is 1. The zero-order valence-electron chi connectivity index (χ0n) is 10.9. The molecule has 5 heteroatoms. The number of rotatable bonds is 4. The van der Waals surface area contributed by atoms with Crippen molar-refractivity contribution in [1.82, 2.24) is 0 Å². The summed E-state index contributed by atoms with van der Waals surface area (Å²) in [5, 5.41) is 0. The Balaban J connectivity index is 2.63. The van der Waals surface area contributed by atoms with Gasteiger partial charge in [-0.05, 0) is 45.8 Å². The Morgan fingerprint density at radius 1 is 1.15 bits per heavy atom. The van der Waals surface area contributed by atoms with Crippen molar-refractivity contribution in [2.45, 2.75) is 0 Å². The Kier molecular flexibility index (Phi) is 4.39. The number of hydrogen-bond acceptors (Lipinski definition) is 3. The maximum Gasteiger partial charge on any atom is 0.153 e. The Bertz CT molecular complexity index is 656. The van der Waals surface area contributed by atoms with Gasteiger partial charge in [0, 0.05) is 5.56 Å². The summed E-state index contributed by atoms with van der Waals surface area (Å²) < 4.78 is 24.6. The molecule has 0 aromatic heterocycles. The third-order valence-corrected chi connectivity index (χ3v) is 3.67. The minimum Gasteiger partial charge on any atom is -0.495 e. The van der Waals surface area contributed by atoms with Crippen LogP contribution in [0.4, 0.5) is 4.39 Å². The quantitative estimate of drug-likeness (QED) is 0.788. The van der Waals surface area contributed by atoms with Crippen LogP contribution < -0.4 is 9.47 Å². The summed E-state index contributed by atoms with van der Waals surface area (Å²) in [5.41, 5.74) is 1.44. The van der Waals surface area contributed by atoms with Gasteiger partial charge in [0.05, 0.1) is 19.8 Å². The molecule has 2 aromatic rings. The molecule has 0 saturated carbocycles. The molecule has 20 heavy (non-hydrogen) atoms. The van der Waals surface area contributed by atoms with Crippen molar-refractivity contribution in [2.75, 3.05) is 14.2 Å². The highest BCUT2D eigenvalue weighted by Gasteiger charge is 2.15. The largest absolute Gasteiger partial charge is 0.495 e. The van der Waals surface area contributed by atoms with Crippen LogP contribution in [-0.4, -0.2) is 20.5 Å². The van der Waals surface area contributed by atoms with Crippen molar-refractivity contribution in [3.05, 3.63) is 46.2 Å². The van der Waals surface area contributed by atoms with Gasteiger partial charge >= 0.3 is 0 Å². The number of methoxy groups -OCH3 is 2. The van der Waals surface area contributed by atoms with Crippen LogP contribution in [0.2, 0.25) is 0 Å². The molecular weight excluding hydrogens is 327 g/mol. The molecule has 104 valence electrons. The van der Waals surface area contributed by atoms with Crippen LogP contribution in [0.3, 0.4) is 0 Å². The third kappa shape index (κ3) is 2.54. The van der Waals surface area contributed by atoms with E-state index in [1.807, 2.05) is 0 Å². The molecule has 0 aliphatic rings. The summed E-state index contributed by atoms with van der Waals surface area (Å²) in [4.78, 5) is 10.8. The van der Waals surface area contributed by atoms with Gasteiger partial charge in [0.25, 0.3) is 0 Å². The van der Waals surface area contributed by atoms with Gasteiger partial charge in [-0.2, -0.15) is 0 Å². The summed E-state index contributed by atoms with van der Waals surface area (Å²) in [6.45, 7) is 0. The van der Waals surface area contributed by atoms with E-state index in [2.05, 4.69) is 15.9 Å². The van der Waals surface area contributed by atoms with Crippen molar-refractivity contribution in [3.63, 3.8) is 0 Å². The topological polar surface area (TPSA) is 35.5 Å². The highest BCUT2D eigenvalue weighted by Crippen LogP contribution is 2.42. The van der Waals surface area contributed by atoms with E-state index in [-0.39, 0.29) is 5.56 Å². The van der Waals surface area contributed by atoms with E-state index < -0.39 is 5.82 Å². The normalized spacial score (nSPS) is 10.2. The molecule has 0 bridgehead atoms. The van der Waals surface area contributed by atoms with Crippen LogP contribution in [0.25, 0.3) is 11.1 Å². The van der Waals surface area contributed by atoms with Crippen LogP contribution in [0.1, 0.15) is 10.4 Å². The molecule has 0 amide bonds. The molecule has 0 saturated heterocycles. The highest BCUT2D eigenvalue weighted by atomic mass is 79.9. The van der Waals surface area contributed by atoms with E-state index in [0.717, 1.165) is 5.56 Å². The summed E-state index contributed by atoms with van der Waals surface area (Å²) >= 11 is 3.41. The Morgan fingerprint density at radius 2 is 1.90 bits per heavy atom. The second kappa shape index (κ2) is 6.05. The van der Waals surface area contributed by atoms with Gasteiger partial charge in [-0.25, -0.2) is 4.39 Å². The zero-order valence-corrected chi connectivity index (χ0v) is 12.5. The summed E-state index contributed by atoms with van der Waals surface area (Å²) in [5.74, 6) is 0.645. The summed E-state index contributed by atoms with van der Waals surface area (Å²) in [6.07, 6.45) is 0.490. The summed E-state index contributed by atoms with van der Waals surface area (Å²) in [6, 6.07) is 7.91. The minimum atomic E-state index is -0.546. The lowest BCUT2D eigenvalue weighted by Crippen LogP contribution is -1.94. The number of ether oxygens (including phenoxy) is 2. The molecule has 2 aromatic carbocycles. The second-order valence-electron chi connectivity index (χ2n) is 4.02. The first-order valence-electron chi connectivity index (χ1n) is 5.78. The fourth-order valence-corrected chi connectivity index (χ4v) is 2.59. The molecule has 0 aliphatic carbocycles. The molecule has 0 heterocycles. The first kappa shape index (κ1) is 14.5. The molecule has 0 radical (unpaired) electrons. The predicted octanol–water partition coefficient (Wildman–Crippen LogP) is 4.08. The Morgan fingerprint density at radius 3 is 2.50 bits per heavy atom. The molecule has 0 spiro atoms. The first-order chi connectivity index (χ1) is 9.62. The standard InChI is InChI=1S/C15H12BrFO3/c1-19-13-6-4-11(15(20-2)14(13)16)9-3-5-12(17)10(7-9)8-18/h3-8H,1-2H3. The third-order valence-electron chi connectivity index (χ3n) is 2.92. The molecule has 3 nitrogen and oxygen atoms in total. The van der Waals surface area contributed by atoms with Crippen molar-refractivity contribution in [3.8, 4) is 22.6 Å². The van der Waals surface area contributed by atoms with Gasteiger partial charge in [0.2, 0.25) is 0 Å². The molecule has 0 unspecified atom stereocenters. The summed E-state index contributed by atoms with van der Waals surface area (Å²) in [7, 11) is 3.09. The van der Waals surface area contributed by atoms with E-state index in [4.69, 9.17) is 9.47 Å².